The molecule has 5 aromatic rings. The van der Waals surface area contributed by atoms with E-state index in [-0.39, 0.29) is 28.3 Å². The van der Waals surface area contributed by atoms with Crippen molar-refractivity contribution >= 4 is 32.6 Å². The number of carboxylic acid groups (broad SMARTS) is 1. The highest BCUT2D eigenvalue weighted by Crippen LogP contribution is 2.35. The number of sulfonamides is 1. The Morgan fingerprint density at radius 2 is 1.67 bits per heavy atom. The van der Waals surface area contributed by atoms with Gasteiger partial charge in [-0.1, -0.05) is 6.07 Å². The summed E-state index contributed by atoms with van der Waals surface area (Å²) in [5.41, 5.74) is 1.14. The van der Waals surface area contributed by atoms with E-state index in [1.54, 1.807) is 36.5 Å². The topological polar surface area (TPSA) is 153 Å². The van der Waals surface area contributed by atoms with Gasteiger partial charge in [0.2, 0.25) is 11.8 Å². The number of carboxylic acids is 1. The zero-order valence-electron chi connectivity index (χ0n) is 21.8. The third-order valence-corrected chi connectivity index (χ3v) is 6.78. The van der Waals surface area contributed by atoms with Crippen LogP contribution in [0.4, 0.5) is 23.4 Å². The molecule has 3 aromatic heterocycles. The van der Waals surface area contributed by atoms with Crippen molar-refractivity contribution in [1.29, 1.82) is 0 Å². The van der Waals surface area contributed by atoms with Crippen LogP contribution >= 0.6 is 0 Å². The lowest BCUT2D eigenvalue weighted by Crippen LogP contribution is -2.21. The van der Waals surface area contributed by atoms with Crippen molar-refractivity contribution in [3.05, 3.63) is 91.3 Å². The van der Waals surface area contributed by atoms with Crippen molar-refractivity contribution < 1.29 is 45.4 Å². The zero-order chi connectivity index (χ0) is 31.2. The molecule has 0 saturated heterocycles. The molecule has 3 heterocycles. The highest BCUT2D eigenvalue weighted by molar-refractivity contribution is 7.92. The Balaban J connectivity index is 0.000000541. The van der Waals surface area contributed by atoms with Crippen molar-refractivity contribution in [2.75, 3.05) is 11.8 Å². The summed E-state index contributed by atoms with van der Waals surface area (Å²) < 4.78 is 84.2. The van der Waals surface area contributed by atoms with Gasteiger partial charge in [0.05, 0.1) is 23.3 Å². The van der Waals surface area contributed by atoms with Crippen LogP contribution < -0.4 is 14.2 Å². The fourth-order valence-corrected chi connectivity index (χ4v) is 4.57. The largest absolute Gasteiger partial charge is 0.490 e. The summed E-state index contributed by atoms with van der Waals surface area (Å²) in [5.74, 6) is -2.02. The summed E-state index contributed by atoms with van der Waals surface area (Å²) in [6, 6.07) is 16.9. The number of methoxy groups -OCH3 is 1. The second-order valence-electron chi connectivity index (χ2n) is 8.31. The Bertz CT molecular complexity index is 1860. The normalized spacial score (nSPS) is 11.3. The van der Waals surface area contributed by atoms with Crippen LogP contribution in [-0.2, 0) is 14.8 Å². The van der Waals surface area contributed by atoms with Gasteiger partial charge >= 0.3 is 12.1 Å². The number of hydrogen-bond acceptors (Lipinski definition) is 9. The second-order valence-corrected chi connectivity index (χ2v) is 9.99. The monoisotopic (exact) mass is 617 g/mol. The standard InChI is InChI=1S/C25H18FN5O4S.C2HF3O2/c1-34-25-21(8-9-23(30-25)35-18-4-2-17(26)3-5-18)24-20-7-6-19(14-16(20)10-13-28-24)36(32,33)31-22-11-12-27-15-29-22;3-2(4,5)1(6)7/h2-15H,1H3,(H,27,29,31);(H,6,7). The SMILES string of the molecule is COc1nc(Oc2ccc(F)cc2)ccc1-c1nccc2cc(S(=O)(=O)Nc3ccncn3)ccc12.O=C(O)C(F)(F)F. The minimum absolute atomic E-state index is 0.0684. The molecule has 0 unspecified atom stereocenters. The summed E-state index contributed by atoms with van der Waals surface area (Å²) in [6.45, 7) is 0. The minimum atomic E-state index is -5.08. The lowest BCUT2D eigenvalue weighted by atomic mass is 10.1. The number of fused-ring (bicyclic) bond motifs is 1. The molecule has 0 radical (unpaired) electrons. The number of halogens is 4. The van der Waals surface area contributed by atoms with Gasteiger partial charge in [-0.2, -0.15) is 18.2 Å². The average Bonchev–Trinajstić information content (AvgIpc) is 2.98. The smallest absolute Gasteiger partial charge is 0.480 e. The Morgan fingerprint density at radius 3 is 2.30 bits per heavy atom. The molecule has 0 amide bonds. The molecule has 11 nitrogen and oxygen atoms in total. The van der Waals surface area contributed by atoms with Crippen LogP contribution in [0.1, 0.15) is 0 Å². The van der Waals surface area contributed by atoms with E-state index in [4.69, 9.17) is 19.4 Å². The Kier molecular flexibility index (Phi) is 8.99. The van der Waals surface area contributed by atoms with Gasteiger partial charge in [0.25, 0.3) is 10.0 Å². The third kappa shape index (κ3) is 7.68. The predicted molar refractivity (Wildman–Crippen MR) is 145 cm³/mol. The number of hydrogen-bond donors (Lipinski definition) is 2. The molecule has 0 saturated carbocycles. The molecular weight excluding hydrogens is 598 g/mol. The van der Waals surface area contributed by atoms with E-state index in [2.05, 4.69) is 24.7 Å². The van der Waals surface area contributed by atoms with E-state index in [1.165, 1.54) is 56.0 Å². The Labute approximate surface area is 240 Å². The molecule has 0 atom stereocenters. The molecule has 0 aliphatic heterocycles. The summed E-state index contributed by atoms with van der Waals surface area (Å²) in [4.78, 5) is 25.5. The fraction of sp³-hybridized carbons (Fsp3) is 0.0741. The van der Waals surface area contributed by atoms with Crippen LogP contribution in [-0.4, -0.2) is 52.7 Å². The van der Waals surface area contributed by atoms with Crippen molar-refractivity contribution in [3.8, 4) is 28.8 Å². The van der Waals surface area contributed by atoms with Crippen LogP contribution in [0.15, 0.2) is 90.3 Å². The number of pyridine rings is 2. The van der Waals surface area contributed by atoms with Gasteiger partial charge in [-0.15, -0.1) is 0 Å². The van der Waals surface area contributed by atoms with Gasteiger partial charge in [-0.05, 0) is 60.0 Å². The van der Waals surface area contributed by atoms with Crippen molar-refractivity contribution in [2.24, 2.45) is 0 Å². The molecule has 2 N–H and O–H groups in total. The quantitative estimate of drug-likeness (QED) is 0.225. The molecule has 0 aliphatic rings. The van der Waals surface area contributed by atoms with Gasteiger partial charge in [0, 0.05) is 23.8 Å². The highest BCUT2D eigenvalue weighted by atomic mass is 32.2. The molecule has 0 spiro atoms. The van der Waals surface area contributed by atoms with E-state index in [0.29, 0.717) is 27.8 Å². The lowest BCUT2D eigenvalue weighted by Gasteiger charge is -2.13. The van der Waals surface area contributed by atoms with E-state index in [1.807, 2.05) is 0 Å². The number of carbonyl (C=O) groups is 1. The number of anilines is 1. The maximum Gasteiger partial charge on any atom is 0.490 e. The molecule has 0 bridgehead atoms. The molecular formula is C27H19F4N5O6S. The van der Waals surface area contributed by atoms with Gasteiger partial charge < -0.3 is 14.6 Å². The van der Waals surface area contributed by atoms with Gasteiger partial charge in [0.1, 0.15) is 23.7 Å². The van der Waals surface area contributed by atoms with Gasteiger partial charge in [0.15, 0.2) is 0 Å². The molecule has 222 valence electrons. The summed E-state index contributed by atoms with van der Waals surface area (Å²) in [5, 5.41) is 8.48. The Hall–Kier alpha value is -5.38. The van der Waals surface area contributed by atoms with Crippen molar-refractivity contribution in [1.82, 2.24) is 19.9 Å². The first-order valence-electron chi connectivity index (χ1n) is 11.8. The fourth-order valence-electron chi connectivity index (χ4n) is 3.52. The van der Waals surface area contributed by atoms with E-state index in [0.717, 1.165) is 0 Å². The maximum absolute atomic E-state index is 13.2. The summed E-state index contributed by atoms with van der Waals surface area (Å²) in [7, 11) is -2.40. The van der Waals surface area contributed by atoms with E-state index < -0.39 is 22.2 Å². The molecule has 43 heavy (non-hydrogen) atoms. The number of nitrogens with one attached hydrogen (secondary N) is 1. The third-order valence-electron chi connectivity index (χ3n) is 5.43. The number of rotatable bonds is 7. The van der Waals surface area contributed by atoms with Crippen molar-refractivity contribution in [3.63, 3.8) is 0 Å². The highest BCUT2D eigenvalue weighted by Gasteiger charge is 2.38. The molecule has 2 aromatic carbocycles. The Morgan fingerprint density at radius 1 is 0.953 bits per heavy atom. The maximum atomic E-state index is 13.2. The molecule has 0 fully saturated rings. The van der Waals surface area contributed by atoms with Crippen LogP contribution in [0.3, 0.4) is 0 Å². The molecule has 16 heteroatoms. The average molecular weight is 618 g/mol. The number of nitrogens with zero attached hydrogens (tertiary/aromatic N) is 4. The number of ether oxygens (including phenoxy) is 2. The summed E-state index contributed by atoms with van der Waals surface area (Å²) >= 11 is 0. The van der Waals surface area contributed by atoms with Crippen molar-refractivity contribution in [2.45, 2.75) is 11.1 Å². The number of aromatic nitrogens is 4. The van der Waals surface area contributed by atoms with Crippen LogP contribution in [0, 0.1) is 5.82 Å². The van der Waals surface area contributed by atoms with Crippen LogP contribution in [0.25, 0.3) is 22.0 Å². The zero-order valence-corrected chi connectivity index (χ0v) is 22.6. The van der Waals surface area contributed by atoms with E-state index >= 15 is 0 Å². The second kappa shape index (κ2) is 12.6. The minimum Gasteiger partial charge on any atom is -0.480 e. The first-order chi connectivity index (χ1) is 20.4. The van der Waals surface area contributed by atoms with Crippen LogP contribution in [0.2, 0.25) is 0 Å². The molecule has 0 aliphatic carbocycles. The lowest BCUT2D eigenvalue weighted by molar-refractivity contribution is -0.192. The molecule has 5 rings (SSSR count). The van der Waals surface area contributed by atoms with E-state index in [9.17, 15) is 26.0 Å². The summed E-state index contributed by atoms with van der Waals surface area (Å²) in [6.07, 6.45) is -0.803. The van der Waals surface area contributed by atoms with Crippen LogP contribution in [0.5, 0.6) is 17.5 Å². The first-order valence-corrected chi connectivity index (χ1v) is 13.3. The van der Waals surface area contributed by atoms with Gasteiger partial charge in [-0.3, -0.25) is 9.71 Å². The number of benzene rings is 2. The first kappa shape index (κ1) is 30.6. The predicted octanol–water partition coefficient (Wildman–Crippen LogP) is 5.46. The number of aliphatic carboxylic acids is 1. The van der Waals surface area contributed by atoms with Gasteiger partial charge in [-0.25, -0.2) is 27.6 Å². The number of alkyl halides is 3.